The quantitative estimate of drug-likeness (QED) is 0.653. The standard InChI is InChI=1S/C12H13BrN4O3/c1-6-11(16-17-12(20)14-6)7-2-3-9(8(13)4-7)15-10(19)5-18/h2-4,6,18H,5H2,1H3,(H,15,19)(H2,14,17,20). The van der Waals surface area contributed by atoms with Crippen LogP contribution in [0.15, 0.2) is 27.8 Å². The summed E-state index contributed by atoms with van der Waals surface area (Å²) in [5.74, 6) is -0.490. The maximum absolute atomic E-state index is 11.1. The predicted molar refractivity (Wildman–Crippen MR) is 77.5 cm³/mol. The topological polar surface area (TPSA) is 103 Å². The second-order valence-corrected chi connectivity index (χ2v) is 5.06. The number of hydrazone groups is 1. The molecule has 20 heavy (non-hydrogen) atoms. The fraction of sp³-hybridized carbons (Fsp3) is 0.250. The third-order valence-electron chi connectivity index (χ3n) is 2.72. The van der Waals surface area contributed by atoms with Crippen molar-refractivity contribution in [1.82, 2.24) is 10.7 Å². The van der Waals surface area contributed by atoms with Gasteiger partial charge in [-0.05, 0) is 35.0 Å². The largest absolute Gasteiger partial charge is 0.387 e. The van der Waals surface area contributed by atoms with Crippen molar-refractivity contribution in [1.29, 1.82) is 0 Å². The minimum absolute atomic E-state index is 0.214. The van der Waals surface area contributed by atoms with E-state index in [4.69, 9.17) is 5.11 Å². The molecule has 4 N–H and O–H groups in total. The molecule has 1 aromatic rings. The number of urea groups is 1. The first-order chi connectivity index (χ1) is 9.51. The van der Waals surface area contributed by atoms with Gasteiger partial charge in [-0.25, -0.2) is 10.2 Å². The summed E-state index contributed by atoms with van der Waals surface area (Å²) in [5.41, 5.74) is 4.40. The Hall–Kier alpha value is -1.93. The highest BCUT2D eigenvalue weighted by Crippen LogP contribution is 2.24. The molecule has 0 aromatic heterocycles. The fourth-order valence-electron chi connectivity index (χ4n) is 1.79. The van der Waals surface area contributed by atoms with E-state index in [9.17, 15) is 9.59 Å². The summed E-state index contributed by atoms with van der Waals surface area (Å²) in [6.45, 7) is 1.25. The SMILES string of the molecule is CC1NC(=O)NN=C1c1ccc(NC(=O)CO)c(Br)c1. The van der Waals surface area contributed by atoms with Crippen molar-refractivity contribution in [2.75, 3.05) is 11.9 Å². The maximum atomic E-state index is 11.1. The van der Waals surface area contributed by atoms with E-state index >= 15 is 0 Å². The Labute approximate surface area is 123 Å². The van der Waals surface area contributed by atoms with Crippen LogP contribution in [-0.2, 0) is 4.79 Å². The number of amides is 3. The highest BCUT2D eigenvalue weighted by Gasteiger charge is 2.20. The van der Waals surface area contributed by atoms with Gasteiger partial charge in [-0.15, -0.1) is 0 Å². The number of halogens is 1. The first-order valence-corrected chi connectivity index (χ1v) is 6.65. The number of anilines is 1. The van der Waals surface area contributed by atoms with E-state index in [1.165, 1.54) is 0 Å². The van der Waals surface area contributed by atoms with Gasteiger partial charge in [0.1, 0.15) is 6.61 Å². The summed E-state index contributed by atoms with van der Waals surface area (Å²) in [7, 11) is 0. The van der Waals surface area contributed by atoms with Crippen LogP contribution in [0.25, 0.3) is 0 Å². The average Bonchev–Trinajstić information content (AvgIpc) is 2.41. The van der Waals surface area contributed by atoms with Crippen molar-refractivity contribution < 1.29 is 14.7 Å². The van der Waals surface area contributed by atoms with Crippen molar-refractivity contribution in [3.8, 4) is 0 Å². The molecule has 1 unspecified atom stereocenters. The van der Waals surface area contributed by atoms with E-state index in [1.807, 2.05) is 6.92 Å². The van der Waals surface area contributed by atoms with Gasteiger partial charge in [-0.3, -0.25) is 4.79 Å². The lowest BCUT2D eigenvalue weighted by Gasteiger charge is -2.21. The summed E-state index contributed by atoms with van der Waals surface area (Å²) < 4.78 is 0.656. The maximum Gasteiger partial charge on any atom is 0.335 e. The van der Waals surface area contributed by atoms with Gasteiger partial charge in [0.05, 0.1) is 17.4 Å². The number of carbonyl (C=O) groups excluding carboxylic acids is 2. The number of nitrogens with one attached hydrogen (secondary N) is 3. The van der Waals surface area contributed by atoms with E-state index in [2.05, 4.69) is 37.1 Å². The molecule has 106 valence electrons. The van der Waals surface area contributed by atoms with Gasteiger partial charge in [-0.1, -0.05) is 6.07 Å². The van der Waals surface area contributed by atoms with Crippen molar-refractivity contribution in [3.05, 3.63) is 28.2 Å². The number of benzene rings is 1. The molecule has 1 aromatic carbocycles. The van der Waals surface area contributed by atoms with Gasteiger partial charge in [0.25, 0.3) is 0 Å². The lowest BCUT2D eigenvalue weighted by Crippen LogP contribution is -2.48. The molecule has 0 fully saturated rings. The molecule has 1 atom stereocenters. The zero-order chi connectivity index (χ0) is 14.7. The first kappa shape index (κ1) is 14.5. The zero-order valence-electron chi connectivity index (χ0n) is 10.6. The second kappa shape index (κ2) is 6.02. The molecular weight excluding hydrogens is 328 g/mol. The van der Waals surface area contributed by atoms with Crippen LogP contribution < -0.4 is 16.1 Å². The number of aliphatic hydroxyl groups is 1. The minimum atomic E-state index is -0.576. The average molecular weight is 341 g/mol. The third kappa shape index (κ3) is 3.14. The molecule has 2 rings (SSSR count). The Morgan fingerprint density at radius 3 is 2.90 bits per heavy atom. The molecule has 0 bridgehead atoms. The Balaban J connectivity index is 2.25. The summed E-state index contributed by atoms with van der Waals surface area (Å²) in [6, 6.07) is 4.69. The molecule has 8 heteroatoms. The van der Waals surface area contributed by atoms with Crippen LogP contribution in [0.5, 0.6) is 0 Å². The van der Waals surface area contributed by atoms with Crippen LogP contribution in [0.1, 0.15) is 12.5 Å². The number of rotatable bonds is 3. The van der Waals surface area contributed by atoms with E-state index in [1.54, 1.807) is 18.2 Å². The van der Waals surface area contributed by atoms with E-state index in [0.29, 0.717) is 15.9 Å². The van der Waals surface area contributed by atoms with Gasteiger partial charge in [0.15, 0.2) is 0 Å². The van der Waals surface area contributed by atoms with Crippen molar-refractivity contribution in [2.45, 2.75) is 13.0 Å². The van der Waals surface area contributed by atoms with Gasteiger partial charge in [0, 0.05) is 10.0 Å². The predicted octanol–water partition coefficient (Wildman–Crippen LogP) is 0.785. The van der Waals surface area contributed by atoms with Crippen LogP contribution in [0, 0.1) is 0 Å². The minimum Gasteiger partial charge on any atom is -0.387 e. The number of hydrogen-bond acceptors (Lipinski definition) is 4. The molecule has 7 nitrogen and oxygen atoms in total. The Morgan fingerprint density at radius 1 is 1.55 bits per heavy atom. The molecule has 0 radical (unpaired) electrons. The number of hydrogen-bond donors (Lipinski definition) is 4. The molecule has 0 saturated carbocycles. The molecule has 0 spiro atoms. The van der Waals surface area contributed by atoms with Crippen LogP contribution in [0.3, 0.4) is 0 Å². The Morgan fingerprint density at radius 2 is 2.30 bits per heavy atom. The smallest absolute Gasteiger partial charge is 0.335 e. The summed E-state index contributed by atoms with van der Waals surface area (Å²) in [4.78, 5) is 22.3. The molecule has 0 saturated heterocycles. The summed E-state index contributed by atoms with van der Waals surface area (Å²) >= 11 is 3.34. The van der Waals surface area contributed by atoms with Gasteiger partial charge < -0.3 is 15.7 Å². The van der Waals surface area contributed by atoms with Gasteiger partial charge >= 0.3 is 6.03 Å². The Bertz CT molecular complexity index is 588. The molecule has 1 aliphatic rings. The highest BCUT2D eigenvalue weighted by molar-refractivity contribution is 9.10. The van der Waals surface area contributed by atoms with E-state index in [-0.39, 0.29) is 12.1 Å². The molecule has 1 aliphatic heterocycles. The van der Waals surface area contributed by atoms with E-state index in [0.717, 1.165) is 5.56 Å². The lowest BCUT2D eigenvalue weighted by atomic mass is 10.0. The van der Waals surface area contributed by atoms with Crippen molar-refractivity contribution in [2.24, 2.45) is 5.10 Å². The molecule has 3 amide bonds. The van der Waals surface area contributed by atoms with Gasteiger partial charge in [0.2, 0.25) is 5.91 Å². The van der Waals surface area contributed by atoms with Crippen LogP contribution >= 0.6 is 15.9 Å². The fourth-order valence-corrected chi connectivity index (χ4v) is 2.26. The number of aliphatic hydroxyl groups excluding tert-OH is 1. The molecular formula is C12H13BrN4O3. The van der Waals surface area contributed by atoms with Crippen molar-refractivity contribution in [3.63, 3.8) is 0 Å². The second-order valence-electron chi connectivity index (χ2n) is 4.20. The first-order valence-electron chi connectivity index (χ1n) is 5.86. The lowest BCUT2D eigenvalue weighted by molar-refractivity contribution is -0.118. The highest BCUT2D eigenvalue weighted by atomic mass is 79.9. The monoisotopic (exact) mass is 340 g/mol. The molecule has 0 aliphatic carbocycles. The van der Waals surface area contributed by atoms with Gasteiger partial charge in [-0.2, -0.15) is 5.10 Å². The third-order valence-corrected chi connectivity index (χ3v) is 3.37. The van der Waals surface area contributed by atoms with Crippen LogP contribution in [0.4, 0.5) is 10.5 Å². The summed E-state index contributed by atoms with van der Waals surface area (Å²) in [5, 5.41) is 18.0. The normalized spacial score (nSPS) is 17.9. The number of nitrogens with zero attached hydrogens (tertiary/aromatic N) is 1. The number of carbonyl (C=O) groups is 2. The zero-order valence-corrected chi connectivity index (χ0v) is 12.2. The van der Waals surface area contributed by atoms with Crippen molar-refractivity contribution >= 4 is 39.3 Å². The molecule has 1 heterocycles. The van der Waals surface area contributed by atoms with Crippen LogP contribution in [-0.4, -0.2) is 35.4 Å². The summed E-state index contributed by atoms with van der Waals surface area (Å²) in [6.07, 6.45) is 0. The van der Waals surface area contributed by atoms with Crippen LogP contribution in [0.2, 0.25) is 0 Å². The van der Waals surface area contributed by atoms with E-state index < -0.39 is 12.5 Å². The Kier molecular flexibility index (Phi) is 4.35.